The van der Waals surface area contributed by atoms with Gasteiger partial charge < -0.3 is 10.1 Å². The summed E-state index contributed by atoms with van der Waals surface area (Å²) in [4.78, 5) is 12.8. The molecule has 0 radical (unpaired) electrons. The van der Waals surface area contributed by atoms with E-state index in [2.05, 4.69) is 20.8 Å². The SMILES string of the molecule is O=C(NCc1ccccc1Oc1cccc(F)c1)c1ccccc1-n1cnnn1. The Labute approximate surface area is 165 Å². The molecule has 144 valence electrons. The maximum absolute atomic E-state index is 13.4. The molecule has 29 heavy (non-hydrogen) atoms. The van der Waals surface area contributed by atoms with Gasteiger partial charge in [-0.3, -0.25) is 4.79 Å². The molecule has 8 heteroatoms. The number of rotatable bonds is 6. The minimum Gasteiger partial charge on any atom is -0.457 e. The van der Waals surface area contributed by atoms with Gasteiger partial charge in [-0.25, -0.2) is 4.39 Å². The number of nitrogens with one attached hydrogen (secondary N) is 1. The molecule has 0 atom stereocenters. The van der Waals surface area contributed by atoms with Crippen LogP contribution in [0.15, 0.2) is 79.1 Å². The fourth-order valence-corrected chi connectivity index (χ4v) is 2.81. The second-order valence-electron chi connectivity index (χ2n) is 6.12. The van der Waals surface area contributed by atoms with Crippen LogP contribution in [0.4, 0.5) is 4.39 Å². The lowest BCUT2D eigenvalue weighted by Crippen LogP contribution is -2.24. The van der Waals surface area contributed by atoms with E-state index < -0.39 is 0 Å². The summed E-state index contributed by atoms with van der Waals surface area (Å²) in [7, 11) is 0. The van der Waals surface area contributed by atoms with E-state index in [-0.39, 0.29) is 18.3 Å². The molecular weight excluding hydrogens is 373 g/mol. The maximum Gasteiger partial charge on any atom is 0.253 e. The average molecular weight is 389 g/mol. The van der Waals surface area contributed by atoms with Gasteiger partial charge in [-0.15, -0.1) is 5.10 Å². The zero-order valence-electron chi connectivity index (χ0n) is 15.2. The molecular formula is C21H16FN5O2. The van der Waals surface area contributed by atoms with Crippen LogP contribution >= 0.6 is 0 Å². The normalized spacial score (nSPS) is 10.5. The highest BCUT2D eigenvalue weighted by Gasteiger charge is 2.14. The molecule has 0 aliphatic rings. The van der Waals surface area contributed by atoms with Crippen molar-refractivity contribution in [3.8, 4) is 17.2 Å². The van der Waals surface area contributed by atoms with E-state index in [9.17, 15) is 9.18 Å². The summed E-state index contributed by atoms with van der Waals surface area (Å²) in [5.41, 5.74) is 1.76. The van der Waals surface area contributed by atoms with E-state index in [1.807, 2.05) is 18.2 Å². The van der Waals surface area contributed by atoms with Crippen LogP contribution in [0.5, 0.6) is 11.5 Å². The summed E-state index contributed by atoms with van der Waals surface area (Å²) in [5, 5.41) is 13.9. The zero-order valence-corrected chi connectivity index (χ0v) is 15.2. The van der Waals surface area contributed by atoms with Crippen LogP contribution < -0.4 is 10.1 Å². The molecule has 0 fully saturated rings. The summed E-state index contributed by atoms with van der Waals surface area (Å²) in [6.07, 6.45) is 1.42. The van der Waals surface area contributed by atoms with Crippen molar-refractivity contribution in [3.63, 3.8) is 0 Å². The number of amides is 1. The smallest absolute Gasteiger partial charge is 0.253 e. The lowest BCUT2D eigenvalue weighted by molar-refractivity contribution is 0.0950. The Morgan fingerprint density at radius 1 is 1.03 bits per heavy atom. The molecule has 4 rings (SSSR count). The van der Waals surface area contributed by atoms with Gasteiger partial charge in [0, 0.05) is 18.2 Å². The lowest BCUT2D eigenvalue weighted by atomic mass is 10.1. The first kappa shape index (κ1) is 18.3. The van der Waals surface area contributed by atoms with Gasteiger partial charge in [0.15, 0.2) is 0 Å². The van der Waals surface area contributed by atoms with Crippen molar-refractivity contribution in [2.75, 3.05) is 0 Å². The van der Waals surface area contributed by atoms with Crippen molar-refractivity contribution in [1.29, 1.82) is 0 Å². The van der Waals surface area contributed by atoms with Crippen LogP contribution in [0.1, 0.15) is 15.9 Å². The predicted octanol–water partition coefficient (Wildman–Crippen LogP) is 3.52. The summed E-state index contributed by atoms with van der Waals surface area (Å²) in [6.45, 7) is 0.230. The van der Waals surface area contributed by atoms with Crippen molar-refractivity contribution >= 4 is 5.91 Å². The number of aromatic nitrogens is 4. The van der Waals surface area contributed by atoms with E-state index in [1.54, 1.807) is 42.5 Å². The number of benzene rings is 3. The molecule has 4 aromatic rings. The van der Waals surface area contributed by atoms with E-state index in [0.717, 1.165) is 5.56 Å². The third kappa shape index (κ3) is 4.27. The third-order valence-electron chi connectivity index (χ3n) is 4.18. The molecule has 1 heterocycles. The number of para-hydroxylation sites is 2. The van der Waals surface area contributed by atoms with Gasteiger partial charge in [-0.1, -0.05) is 36.4 Å². The van der Waals surface area contributed by atoms with Crippen LogP contribution in [0, 0.1) is 5.82 Å². The van der Waals surface area contributed by atoms with Gasteiger partial charge in [-0.05, 0) is 40.8 Å². The summed E-state index contributed by atoms with van der Waals surface area (Å²) < 4.78 is 20.6. The van der Waals surface area contributed by atoms with Crippen LogP contribution in [-0.2, 0) is 6.54 Å². The number of hydrogen-bond donors (Lipinski definition) is 1. The monoisotopic (exact) mass is 389 g/mol. The molecule has 7 nitrogen and oxygen atoms in total. The van der Waals surface area contributed by atoms with Crippen LogP contribution in [0.2, 0.25) is 0 Å². The Kier molecular flexibility index (Phi) is 5.24. The number of ether oxygens (including phenoxy) is 1. The predicted molar refractivity (Wildman–Crippen MR) is 103 cm³/mol. The fraction of sp³-hybridized carbons (Fsp3) is 0.0476. The van der Waals surface area contributed by atoms with Crippen molar-refractivity contribution in [3.05, 3.63) is 96.1 Å². The Hall–Kier alpha value is -4.07. The number of carbonyl (C=O) groups excluding carboxylic acids is 1. The molecule has 1 amide bonds. The maximum atomic E-state index is 13.4. The molecule has 0 bridgehead atoms. The number of halogens is 1. The van der Waals surface area contributed by atoms with E-state index in [1.165, 1.54) is 23.1 Å². The van der Waals surface area contributed by atoms with Crippen molar-refractivity contribution in [1.82, 2.24) is 25.5 Å². The van der Waals surface area contributed by atoms with Gasteiger partial charge in [-0.2, -0.15) is 4.68 Å². The topological polar surface area (TPSA) is 81.9 Å². The average Bonchev–Trinajstić information content (AvgIpc) is 3.28. The Morgan fingerprint density at radius 3 is 2.69 bits per heavy atom. The Morgan fingerprint density at radius 2 is 1.86 bits per heavy atom. The highest BCUT2D eigenvalue weighted by Crippen LogP contribution is 2.25. The summed E-state index contributed by atoms with van der Waals surface area (Å²) in [5.74, 6) is 0.254. The first-order chi connectivity index (χ1) is 14.2. The quantitative estimate of drug-likeness (QED) is 0.546. The fourth-order valence-electron chi connectivity index (χ4n) is 2.81. The molecule has 0 aliphatic heterocycles. The number of nitrogens with zero attached hydrogens (tertiary/aromatic N) is 4. The second kappa shape index (κ2) is 8.30. The Balaban J connectivity index is 1.51. The standard InChI is InChI=1S/C21H16FN5O2/c22-16-7-5-8-17(12-16)29-20-11-4-1-6-15(20)13-23-21(28)18-9-2-3-10-19(18)27-14-24-25-26-27/h1-12,14H,13H2,(H,23,28). The minimum absolute atomic E-state index is 0.230. The first-order valence-corrected chi connectivity index (χ1v) is 8.82. The van der Waals surface area contributed by atoms with Gasteiger partial charge in [0.2, 0.25) is 0 Å². The highest BCUT2D eigenvalue weighted by molar-refractivity contribution is 5.97. The number of tetrazole rings is 1. The largest absolute Gasteiger partial charge is 0.457 e. The molecule has 0 spiro atoms. The molecule has 1 N–H and O–H groups in total. The molecule has 1 aromatic heterocycles. The second-order valence-corrected chi connectivity index (χ2v) is 6.12. The summed E-state index contributed by atoms with van der Waals surface area (Å²) in [6, 6.07) is 20.2. The lowest BCUT2D eigenvalue weighted by Gasteiger charge is -2.13. The highest BCUT2D eigenvalue weighted by atomic mass is 19.1. The summed E-state index contributed by atoms with van der Waals surface area (Å²) >= 11 is 0. The van der Waals surface area contributed by atoms with Crippen LogP contribution in [0.25, 0.3) is 5.69 Å². The zero-order chi connectivity index (χ0) is 20.1. The van der Waals surface area contributed by atoms with E-state index >= 15 is 0 Å². The van der Waals surface area contributed by atoms with Crippen LogP contribution in [-0.4, -0.2) is 26.1 Å². The Bertz CT molecular complexity index is 1130. The van der Waals surface area contributed by atoms with Crippen molar-refractivity contribution in [2.24, 2.45) is 0 Å². The van der Waals surface area contributed by atoms with E-state index in [0.29, 0.717) is 22.7 Å². The van der Waals surface area contributed by atoms with Gasteiger partial charge >= 0.3 is 0 Å². The molecule has 0 saturated carbocycles. The van der Waals surface area contributed by atoms with Crippen LogP contribution in [0.3, 0.4) is 0 Å². The van der Waals surface area contributed by atoms with Gasteiger partial charge in [0.25, 0.3) is 5.91 Å². The minimum atomic E-state index is -0.382. The third-order valence-corrected chi connectivity index (χ3v) is 4.18. The van der Waals surface area contributed by atoms with Gasteiger partial charge in [0.05, 0.1) is 11.3 Å². The molecule has 0 saturated heterocycles. The molecule has 3 aromatic carbocycles. The van der Waals surface area contributed by atoms with Crippen molar-refractivity contribution < 1.29 is 13.9 Å². The van der Waals surface area contributed by atoms with E-state index in [4.69, 9.17) is 4.74 Å². The molecule has 0 unspecified atom stereocenters. The number of carbonyl (C=O) groups is 1. The number of hydrogen-bond acceptors (Lipinski definition) is 5. The van der Waals surface area contributed by atoms with Crippen molar-refractivity contribution in [2.45, 2.75) is 6.54 Å². The first-order valence-electron chi connectivity index (χ1n) is 8.82. The molecule has 0 aliphatic carbocycles. The van der Waals surface area contributed by atoms with Gasteiger partial charge in [0.1, 0.15) is 23.6 Å².